The predicted octanol–water partition coefficient (Wildman–Crippen LogP) is 1.34. The molecule has 0 radical (unpaired) electrons. The van der Waals surface area contributed by atoms with Crippen LogP contribution in [0.1, 0.15) is 24.8 Å². The van der Waals surface area contributed by atoms with E-state index in [1.807, 2.05) is 30.3 Å². The molecule has 1 unspecified atom stereocenters. The summed E-state index contributed by atoms with van der Waals surface area (Å²) < 4.78 is 26.7. The summed E-state index contributed by atoms with van der Waals surface area (Å²) >= 11 is 0. The van der Waals surface area contributed by atoms with Gasteiger partial charge in [-0.2, -0.15) is 4.31 Å². The van der Waals surface area contributed by atoms with Crippen LogP contribution in [0.3, 0.4) is 0 Å². The molecule has 28 heavy (non-hydrogen) atoms. The Labute approximate surface area is 165 Å². The Balaban J connectivity index is 1.58. The van der Waals surface area contributed by atoms with Crippen molar-refractivity contribution in [3.63, 3.8) is 0 Å². The van der Waals surface area contributed by atoms with Crippen LogP contribution in [0.25, 0.3) is 0 Å². The molecule has 1 aliphatic rings. The van der Waals surface area contributed by atoms with Crippen LogP contribution in [-0.2, 0) is 21.2 Å². The molecule has 0 aliphatic carbocycles. The Hall–Kier alpha value is -2.29. The summed E-state index contributed by atoms with van der Waals surface area (Å²) in [6.07, 6.45) is 2.47. The number of aliphatic hydroxyl groups is 1. The third kappa shape index (κ3) is 5.15. The second kappa shape index (κ2) is 9.27. The van der Waals surface area contributed by atoms with Gasteiger partial charge in [-0.25, -0.2) is 13.4 Å². The van der Waals surface area contributed by atoms with Crippen molar-refractivity contribution in [3.8, 4) is 0 Å². The van der Waals surface area contributed by atoms with Gasteiger partial charge < -0.3 is 10.4 Å². The highest BCUT2D eigenvalue weighted by atomic mass is 32.2. The van der Waals surface area contributed by atoms with E-state index in [1.165, 1.54) is 16.6 Å². The third-order valence-electron chi connectivity index (χ3n) is 4.85. The minimum Gasteiger partial charge on any atom is -0.390 e. The number of hydrogen-bond donors (Lipinski definition) is 2. The topological polar surface area (TPSA) is 99.6 Å². The molecule has 1 fully saturated rings. The monoisotopic (exact) mass is 403 g/mol. The number of aliphatic hydroxyl groups excluding tert-OH is 1. The average Bonchev–Trinajstić information content (AvgIpc) is 2.90. The van der Waals surface area contributed by atoms with Crippen molar-refractivity contribution in [1.82, 2.24) is 14.6 Å². The quantitative estimate of drug-likeness (QED) is 0.758. The van der Waals surface area contributed by atoms with Gasteiger partial charge in [-0.3, -0.25) is 4.79 Å². The Morgan fingerprint density at radius 3 is 2.64 bits per heavy atom. The van der Waals surface area contributed by atoms with Crippen molar-refractivity contribution in [2.24, 2.45) is 0 Å². The first kappa shape index (κ1) is 20.4. The minimum absolute atomic E-state index is 0.0347. The molecule has 0 saturated carbocycles. The summed E-state index contributed by atoms with van der Waals surface area (Å²) in [7, 11) is -3.77. The van der Waals surface area contributed by atoms with Gasteiger partial charge in [-0.1, -0.05) is 36.4 Å². The zero-order chi connectivity index (χ0) is 20.0. The molecule has 8 heteroatoms. The van der Waals surface area contributed by atoms with E-state index in [2.05, 4.69) is 10.3 Å². The van der Waals surface area contributed by atoms with Gasteiger partial charge in [0, 0.05) is 25.7 Å². The first-order valence-electron chi connectivity index (χ1n) is 9.39. The molecule has 2 heterocycles. The lowest BCUT2D eigenvalue weighted by Crippen LogP contribution is -2.47. The van der Waals surface area contributed by atoms with Crippen LogP contribution in [-0.4, -0.2) is 54.0 Å². The number of sulfonamides is 1. The van der Waals surface area contributed by atoms with Crippen LogP contribution in [0.4, 0.5) is 0 Å². The van der Waals surface area contributed by atoms with Crippen LogP contribution in [0.2, 0.25) is 0 Å². The van der Waals surface area contributed by atoms with Crippen molar-refractivity contribution in [3.05, 3.63) is 60.3 Å². The average molecular weight is 404 g/mol. The normalized spacial score (nSPS) is 21.0. The number of amides is 1. The number of aromatic nitrogens is 1. The molecule has 3 rings (SSSR count). The number of nitrogens with zero attached hydrogens (tertiary/aromatic N) is 2. The molecular weight excluding hydrogens is 378 g/mol. The molecule has 1 saturated heterocycles. The molecule has 150 valence electrons. The molecule has 7 nitrogen and oxygen atoms in total. The van der Waals surface area contributed by atoms with Gasteiger partial charge in [0.05, 0.1) is 12.1 Å². The molecule has 2 N–H and O–H groups in total. The van der Waals surface area contributed by atoms with Gasteiger partial charge in [0.15, 0.2) is 5.03 Å². The van der Waals surface area contributed by atoms with Gasteiger partial charge in [0.25, 0.3) is 10.0 Å². The summed E-state index contributed by atoms with van der Waals surface area (Å²) in [6.45, 7) is 0.217. The van der Waals surface area contributed by atoms with Crippen molar-refractivity contribution in [2.45, 2.75) is 42.9 Å². The van der Waals surface area contributed by atoms with E-state index in [0.29, 0.717) is 25.7 Å². The van der Waals surface area contributed by atoms with E-state index in [-0.39, 0.29) is 24.0 Å². The summed E-state index contributed by atoms with van der Waals surface area (Å²) in [6, 6.07) is 14.0. The van der Waals surface area contributed by atoms with E-state index in [9.17, 15) is 18.3 Å². The van der Waals surface area contributed by atoms with Crippen LogP contribution < -0.4 is 5.32 Å². The lowest BCUT2D eigenvalue weighted by Gasteiger charge is -2.24. The predicted molar refractivity (Wildman–Crippen MR) is 105 cm³/mol. The number of pyridine rings is 1. The molecular formula is C20H25N3O4S. The van der Waals surface area contributed by atoms with Gasteiger partial charge in [-0.15, -0.1) is 0 Å². The lowest BCUT2D eigenvalue weighted by atomic mass is 10.1. The molecule has 1 amide bonds. The van der Waals surface area contributed by atoms with Gasteiger partial charge in [0.1, 0.15) is 0 Å². The SMILES string of the molecule is O=C(CCc1ccccc1)NC1CCCN(S(=O)(=O)c2ccccn2)C[C@@H]1O. The molecule has 1 aromatic heterocycles. The number of rotatable bonds is 6. The number of nitrogens with one attached hydrogen (secondary N) is 1. The number of aryl methyl sites for hydroxylation is 1. The molecule has 0 bridgehead atoms. The van der Waals surface area contributed by atoms with Crippen molar-refractivity contribution in [1.29, 1.82) is 0 Å². The lowest BCUT2D eigenvalue weighted by molar-refractivity contribution is -0.122. The number of β-amino-alcohol motifs (C(OH)–C–C–N with tert-alkyl or cyclic N) is 1. The van der Waals surface area contributed by atoms with Gasteiger partial charge in [0.2, 0.25) is 5.91 Å². The van der Waals surface area contributed by atoms with Crippen LogP contribution in [0.5, 0.6) is 0 Å². The Bertz CT molecular complexity index is 875. The zero-order valence-corrected chi connectivity index (χ0v) is 16.4. The van der Waals surface area contributed by atoms with Crippen LogP contribution >= 0.6 is 0 Å². The van der Waals surface area contributed by atoms with Crippen molar-refractivity contribution >= 4 is 15.9 Å². The number of carbonyl (C=O) groups is 1. The van der Waals surface area contributed by atoms with E-state index < -0.39 is 22.2 Å². The largest absolute Gasteiger partial charge is 0.390 e. The van der Waals surface area contributed by atoms with Crippen LogP contribution in [0.15, 0.2) is 59.8 Å². The number of carbonyl (C=O) groups excluding carboxylic acids is 1. The minimum atomic E-state index is -3.77. The maximum absolute atomic E-state index is 12.7. The smallest absolute Gasteiger partial charge is 0.260 e. The molecule has 0 spiro atoms. The van der Waals surface area contributed by atoms with E-state index in [0.717, 1.165) is 5.56 Å². The first-order valence-corrected chi connectivity index (χ1v) is 10.8. The fourth-order valence-corrected chi connectivity index (χ4v) is 4.73. The summed E-state index contributed by atoms with van der Waals surface area (Å²) in [5, 5.41) is 13.4. The Morgan fingerprint density at radius 1 is 1.18 bits per heavy atom. The fraction of sp³-hybridized carbons (Fsp3) is 0.400. The molecule has 1 aromatic carbocycles. The van der Waals surface area contributed by atoms with E-state index in [1.54, 1.807) is 12.1 Å². The van der Waals surface area contributed by atoms with Gasteiger partial charge >= 0.3 is 0 Å². The summed E-state index contributed by atoms with van der Waals surface area (Å²) in [5.74, 6) is -0.145. The summed E-state index contributed by atoms with van der Waals surface area (Å²) in [5.41, 5.74) is 1.08. The fourth-order valence-electron chi connectivity index (χ4n) is 3.31. The number of hydrogen-bond acceptors (Lipinski definition) is 5. The second-order valence-electron chi connectivity index (χ2n) is 6.90. The third-order valence-corrected chi connectivity index (χ3v) is 6.63. The first-order chi connectivity index (χ1) is 13.5. The summed E-state index contributed by atoms with van der Waals surface area (Å²) in [4.78, 5) is 16.2. The standard InChI is InChI=1S/C20H25N3O4S/c24-18-15-23(28(26,27)20-10-4-5-13-21-20)14-6-9-17(18)22-19(25)12-11-16-7-2-1-3-8-16/h1-5,7-8,10,13,17-18,24H,6,9,11-12,14-15H2,(H,22,25)/t17?,18-/m0/s1. The zero-order valence-electron chi connectivity index (χ0n) is 15.6. The van der Waals surface area contributed by atoms with E-state index in [4.69, 9.17) is 0 Å². The molecule has 2 aromatic rings. The second-order valence-corrected chi connectivity index (χ2v) is 8.79. The maximum Gasteiger partial charge on any atom is 0.260 e. The number of benzene rings is 1. The highest BCUT2D eigenvalue weighted by molar-refractivity contribution is 7.89. The molecule has 1 aliphatic heterocycles. The Morgan fingerprint density at radius 2 is 1.93 bits per heavy atom. The highest BCUT2D eigenvalue weighted by Crippen LogP contribution is 2.19. The maximum atomic E-state index is 12.7. The Kier molecular flexibility index (Phi) is 6.77. The van der Waals surface area contributed by atoms with Gasteiger partial charge in [-0.05, 0) is 37.0 Å². The van der Waals surface area contributed by atoms with E-state index >= 15 is 0 Å². The van der Waals surface area contributed by atoms with Crippen molar-refractivity contribution < 1.29 is 18.3 Å². The molecule has 2 atom stereocenters. The van der Waals surface area contributed by atoms with Crippen LogP contribution in [0, 0.1) is 0 Å². The highest BCUT2D eigenvalue weighted by Gasteiger charge is 2.33. The van der Waals surface area contributed by atoms with Crippen molar-refractivity contribution in [2.75, 3.05) is 13.1 Å².